The number of amides is 2. The van der Waals surface area contributed by atoms with Crippen molar-refractivity contribution < 1.29 is 17.9 Å². The number of rotatable bonds is 8. The summed E-state index contributed by atoms with van der Waals surface area (Å²) in [5, 5.41) is 6.55. The van der Waals surface area contributed by atoms with Crippen LogP contribution in [0.2, 0.25) is 5.02 Å². The molecule has 2 atom stereocenters. The molecule has 2 aromatic heterocycles. The molecule has 1 aromatic carbocycles. The van der Waals surface area contributed by atoms with Crippen LogP contribution in [-0.2, 0) is 16.6 Å². The Morgan fingerprint density at radius 3 is 2.51 bits per heavy atom. The molecule has 12 heteroatoms. The van der Waals surface area contributed by atoms with Crippen LogP contribution in [0.25, 0.3) is 0 Å². The Kier molecular flexibility index (Phi) is 8.47. The minimum absolute atomic E-state index is 0.107. The van der Waals surface area contributed by atoms with E-state index in [9.17, 15) is 13.2 Å². The number of carbonyl (C=O) groups excluding carboxylic acids is 1. The zero-order valence-electron chi connectivity index (χ0n) is 20.5. The third-order valence-corrected chi connectivity index (χ3v) is 7.00. The highest BCUT2D eigenvalue weighted by atomic mass is 35.5. The number of urea groups is 1. The van der Waals surface area contributed by atoms with Crippen molar-refractivity contribution in [1.29, 1.82) is 0 Å². The quantitative estimate of drug-likeness (QED) is 0.397. The van der Waals surface area contributed by atoms with E-state index in [0.29, 0.717) is 36.0 Å². The maximum Gasteiger partial charge on any atom is 0.319 e. The van der Waals surface area contributed by atoms with Gasteiger partial charge in [0.2, 0.25) is 10.0 Å². The molecule has 0 aliphatic carbocycles. The molecule has 3 N–H and O–H groups in total. The van der Waals surface area contributed by atoms with Gasteiger partial charge in [-0.25, -0.2) is 22.9 Å². The molecule has 0 radical (unpaired) electrons. The van der Waals surface area contributed by atoms with Gasteiger partial charge in [-0.2, -0.15) is 0 Å². The first kappa shape index (κ1) is 26.6. The highest BCUT2D eigenvalue weighted by molar-refractivity contribution is 7.88. The molecule has 37 heavy (non-hydrogen) atoms. The van der Waals surface area contributed by atoms with Gasteiger partial charge in [0, 0.05) is 54.2 Å². The highest BCUT2D eigenvalue weighted by Gasteiger charge is 2.33. The number of anilines is 2. The molecule has 3 aromatic rings. The largest absolute Gasteiger partial charge is 0.495 e. The van der Waals surface area contributed by atoms with E-state index in [2.05, 4.69) is 30.2 Å². The predicted molar refractivity (Wildman–Crippen MR) is 144 cm³/mol. The van der Waals surface area contributed by atoms with Crippen LogP contribution >= 0.6 is 11.6 Å². The monoisotopic (exact) mass is 544 g/mol. The number of sulfonamides is 1. The van der Waals surface area contributed by atoms with Gasteiger partial charge in [0.05, 0.1) is 19.6 Å². The lowest BCUT2D eigenvalue weighted by Gasteiger charge is -2.39. The van der Waals surface area contributed by atoms with Gasteiger partial charge in [0.15, 0.2) is 0 Å². The summed E-state index contributed by atoms with van der Waals surface area (Å²) in [6.45, 7) is 1.44. The first-order valence-electron chi connectivity index (χ1n) is 11.7. The van der Waals surface area contributed by atoms with Crippen molar-refractivity contribution >= 4 is 39.2 Å². The zero-order chi connectivity index (χ0) is 26.4. The third-order valence-electron chi connectivity index (χ3n) is 6.08. The van der Waals surface area contributed by atoms with Crippen LogP contribution in [0.15, 0.2) is 60.9 Å². The summed E-state index contributed by atoms with van der Waals surface area (Å²) in [5.41, 5.74) is 2.24. The number of nitrogens with one attached hydrogen (secondary N) is 3. The van der Waals surface area contributed by atoms with Gasteiger partial charge in [0.1, 0.15) is 11.6 Å². The van der Waals surface area contributed by atoms with Crippen LogP contribution in [0.5, 0.6) is 5.75 Å². The number of pyridine rings is 2. The van der Waals surface area contributed by atoms with Gasteiger partial charge in [-0.15, -0.1) is 0 Å². The molecule has 10 nitrogen and oxygen atoms in total. The number of carbonyl (C=O) groups is 1. The molecule has 0 spiro atoms. The minimum Gasteiger partial charge on any atom is -0.495 e. The molecule has 1 aliphatic heterocycles. The molecule has 3 heterocycles. The Hall–Kier alpha value is -3.41. The Balaban J connectivity index is 1.48. The molecule has 0 unspecified atom stereocenters. The van der Waals surface area contributed by atoms with Crippen molar-refractivity contribution in [1.82, 2.24) is 20.0 Å². The summed E-state index contributed by atoms with van der Waals surface area (Å²) >= 11 is 5.94. The van der Waals surface area contributed by atoms with Gasteiger partial charge in [-0.3, -0.25) is 4.98 Å². The SMILES string of the molecule is COc1ccc([C@@H]2CN(c3ccc(CNS(C)(=O)=O)cn3)CC[C@H]2NC(=O)Nc2ccc(Cl)cc2)nc1. The second-order valence-electron chi connectivity index (χ2n) is 8.79. The smallest absolute Gasteiger partial charge is 0.319 e. The third kappa shape index (κ3) is 7.54. The Labute approximate surface area is 221 Å². The fourth-order valence-electron chi connectivity index (χ4n) is 4.16. The first-order chi connectivity index (χ1) is 17.7. The fourth-order valence-corrected chi connectivity index (χ4v) is 4.71. The van der Waals surface area contributed by atoms with E-state index in [1.807, 2.05) is 24.3 Å². The van der Waals surface area contributed by atoms with Gasteiger partial charge in [-0.05, 0) is 54.4 Å². The first-order valence-corrected chi connectivity index (χ1v) is 13.9. The van der Waals surface area contributed by atoms with Crippen molar-refractivity contribution in [2.75, 3.05) is 36.7 Å². The maximum atomic E-state index is 12.8. The van der Waals surface area contributed by atoms with Gasteiger partial charge in [-0.1, -0.05) is 17.7 Å². The number of aromatic nitrogens is 2. The van der Waals surface area contributed by atoms with Crippen LogP contribution in [0, 0.1) is 0 Å². The summed E-state index contributed by atoms with van der Waals surface area (Å²) in [5.74, 6) is 1.32. The van der Waals surface area contributed by atoms with Gasteiger partial charge >= 0.3 is 6.03 Å². The van der Waals surface area contributed by atoms with E-state index in [1.165, 1.54) is 0 Å². The van der Waals surface area contributed by atoms with E-state index in [1.54, 1.807) is 43.8 Å². The number of halogens is 1. The van der Waals surface area contributed by atoms with Crippen molar-refractivity contribution in [3.63, 3.8) is 0 Å². The molecule has 1 saturated heterocycles. The number of methoxy groups -OCH3 is 1. The summed E-state index contributed by atoms with van der Waals surface area (Å²) in [4.78, 5) is 24.1. The molecule has 0 saturated carbocycles. The molecule has 196 valence electrons. The number of benzene rings is 1. The average molecular weight is 545 g/mol. The molecule has 0 bridgehead atoms. The highest BCUT2D eigenvalue weighted by Crippen LogP contribution is 2.30. The topological polar surface area (TPSA) is 126 Å². The molecule has 2 amide bonds. The fraction of sp³-hybridized carbons (Fsp3) is 0.320. The molecular formula is C25H29ClN6O4S. The van der Waals surface area contributed by atoms with Crippen LogP contribution < -0.4 is 25.0 Å². The van der Waals surface area contributed by atoms with Crippen LogP contribution in [0.1, 0.15) is 23.6 Å². The molecule has 1 fully saturated rings. The van der Waals surface area contributed by atoms with E-state index in [4.69, 9.17) is 16.3 Å². The van der Waals surface area contributed by atoms with Gasteiger partial charge in [0.25, 0.3) is 0 Å². The Morgan fingerprint density at radius 1 is 1.11 bits per heavy atom. The Morgan fingerprint density at radius 2 is 1.89 bits per heavy atom. The summed E-state index contributed by atoms with van der Waals surface area (Å²) in [6, 6.07) is 13.9. The second kappa shape index (κ2) is 11.8. The molecule has 4 rings (SSSR count). The van der Waals surface area contributed by atoms with Crippen molar-refractivity contribution in [2.45, 2.75) is 24.9 Å². The number of piperidine rings is 1. The van der Waals surface area contributed by atoms with E-state index in [-0.39, 0.29) is 24.5 Å². The van der Waals surface area contributed by atoms with E-state index < -0.39 is 10.0 Å². The summed E-state index contributed by atoms with van der Waals surface area (Å²) in [6.07, 6.45) is 5.13. The lowest BCUT2D eigenvalue weighted by Crippen LogP contribution is -2.51. The van der Waals surface area contributed by atoms with Crippen LogP contribution in [0.3, 0.4) is 0 Å². The predicted octanol–water partition coefficient (Wildman–Crippen LogP) is 3.37. The van der Waals surface area contributed by atoms with Crippen LogP contribution in [-0.4, -0.2) is 56.9 Å². The number of hydrogen-bond acceptors (Lipinski definition) is 7. The lowest BCUT2D eigenvalue weighted by molar-refractivity contribution is 0.243. The molecular weight excluding hydrogens is 516 g/mol. The van der Waals surface area contributed by atoms with Crippen LogP contribution in [0.4, 0.5) is 16.3 Å². The van der Waals surface area contributed by atoms with Crippen molar-refractivity contribution in [3.05, 3.63) is 77.2 Å². The van der Waals surface area contributed by atoms with Gasteiger partial charge < -0.3 is 20.3 Å². The van der Waals surface area contributed by atoms with E-state index >= 15 is 0 Å². The van der Waals surface area contributed by atoms with Crippen molar-refractivity contribution in [3.8, 4) is 5.75 Å². The molecule has 1 aliphatic rings. The number of nitrogens with zero attached hydrogens (tertiary/aromatic N) is 3. The summed E-state index contributed by atoms with van der Waals surface area (Å²) in [7, 11) is -1.70. The maximum absolute atomic E-state index is 12.8. The second-order valence-corrected chi connectivity index (χ2v) is 11.1. The average Bonchev–Trinajstić information content (AvgIpc) is 2.89. The normalized spacial score (nSPS) is 17.8. The number of ether oxygens (including phenoxy) is 1. The van der Waals surface area contributed by atoms with E-state index in [0.717, 1.165) is 23.3 Å². The number of hydrogen-bond donors (Lipinski definition) is 3. The standard InChI is InChI=1S/C25H29ClN6O4S/c1-36-20-8-9-22(27-15-20)21-16-32(24-10-3-17(13-28-24)14-29-37(2,34)35)12-11-23(21)31-25(33)30-19-6-4-18(26)5-7-19/h3-10,13,15,21,23,29H,11-12,14,16H2,1-2H3,(H2,30,31,33)/t21-,23+/m0/s1. The lowest BCUT2D eigenvalue weighted by atomic mass is 9.88. The summed E-state index contributed by atoms with van der Waals surface area (Å²) < 4.78 is 30.4. The zero-order valence-corrected chi connectivity index (χ0v) is 22.1. The van der Waals surface area contributed by atoms with Crippen molar-refractivity contribution in [2.24, 2.45) is 0 Å². The Bertz CT molecular complexity index is 1300. The minimum atomic E-state index is -3.28.